The summed E-state index contributed by atoms with van der Waals surface area (Å²) < 4.78 is 1.17. The normalized spacial score (nSPS) is 11.1. The highest BCUT2D eigenvalue weighted by molar-refractivity contribution is 9.10. The van der Waals surface area contributed by atoms with Crippen molar-refractivity contribution in [3.05, 3.63) is 69.2 Å². The molecule has 2 N–H and O–H groups in total. The lowest BCUT2D eigenvalue weighted by Gasteiger charge is -2.19. The van der Waals surface area contributed by atoms with Crippen LogP contribution in [-0.2, 0) is 19.6 Å². The van der Waals surface area contributed by atoms with Crippen molar-refractivity contribution in [3.63, 3.8) is 0 Å². The van der Waals surface area contributed by atoms with Gasteiger partial charge in [0.2, 0.25) is 0 Å². The fourth-order valence-electron chi connectivity index (χ4n) is 2.33. The van der Waals surface area contributed by atoms with E-state index in [-0.39, 0.29) is 0 Å². The zero-order valence-electron chi connectivity index (χ0n) is 12.1. The van der Waals surface area contributed by atoms with Gasteiger partial charge in [-0.25, -0.2) is 0 Å². The van der Waals surface area contributed by atoms with Gasteiger partial charge in [-0.05, 0) is 42.3 Å². The van der Waals surface area contributed by atoms with Crippen LogP contribution in [0.25, 0.3) is 0 Å². The molecule has 0 bridgehead atoms. The van der Waals surface area contributed by atoms with Crippen LogP contribution in [0.2, 0.25) is 0 Å². The molecule has 0 saturated heterocycles. The number of aryl methyl sites for hydroxylation is 1. The Morgan fingerprint density at radius 2 is 1.75 bits per heavy atom. The van der Waals surface area contributed by atoms with E-state index < -0.39 is 0 Å². The van der Waals surface area contributed by atoms with E-state index in [0.717, 1.165) is 13.1 Å². The highest BCUT2D eigenvalue weighted by Crippen LogP contribution is 2.19. The molecule has 0 aliphatic heterocycles. The van der Waals surface area contributed by atoms with Gasteiger partial charge in [0, 0.05) is 24.1 Å². The number of rotatable bonds is 5. The van der Waals surface area contributed by atoms with E-state index in [1.807, 2.05) is 6.07 Å². The second kappa shape index (κ2) is 7.02. The zero-order chi connectivity index (χ0) is 14.5. The molecule has 0 amide bonds. The largest absolute Gasteiger partial charge is 0.326 e. The Kier molecular flexibility index (Phi) is 5.35. The smallest absolute Gasteiger partial charge is 0.0245 e. The van der Waals surface area contributed by atoms with E-state index in [2.05, 4.69) is 71.2 Å². The molecule has 20 heavy (non-hydrogen) atoms. The van der Waals surface area contributed by atoms with Crippen LogP contribution in [0.15, 0.2) is 46.9 Å². The van der Waals surface area contributed by atoms with E-state index in [1.165, 1.54) is 26.7 Å². The summed E-state index contributed by atoms with van der Waals surface area (Å²) in [4.78, 5) is 2.32. The Labute approximate surface area is 129 Å². The monoisotopic (exact) mass is 332 g/mol. The molecule has 0 radical (unpaired) electrons. The lowest BCUT2D eigenvalue weighted by atomic mass is 10.0. The summed E-state index contributed by atoms with van der Waals surface area (Å²) in [5.41, 5.74) is 10.8. The Hall–Kier alpha value is -1.16. The van der Waals surface area contributed by atoms with Crippen LogP contribution >= 0.6 is 15.9 Å². The molecule has 0 aromatic heterocycles. The Bertz CT molecular complexity index is 581. The van der Waals surface area contributed by atoms with Crippen molar-refractivity contribution in [1.82, 2.24) is 4.90 Å². The van der Waals surface area contributed by atoms with Gasteiger partial charge < -0.3 is 5.73 Å². The fraction of sp³-hybridized carbons (Fsp3) is 0.294. The minimum atomic E-state index is 0.605. The van der Waals surface area contributed by atoms with Crippen LogP contribution in [0.4, 0.5) is 0 Å². The van der Waals surface area contributed by atoms with Gasteiger partial charge >= 0.3 is 0 Å². The maximum Gasteiger partial charge on any atom is 0.0245 e. The second-order valence-electron chi connectivity index (χ2n) is 5.23. The van der Waals surface area contributed by atoms with Gasteiger partial charge in [-0.2, -0.15) is 0 Å². The van der Waals surface area contributed by atoms with Crippen molar-refractivity contribution in [1.29, 1.82) is 0 Å². The van der Waals surface area contributed by atoms with Gasteiger partial charge in [0.15, 0.2) is 0 Å². The summed E-state index contributed by atoms with van der Waals surface area (Å²) in [6.45, 7) is 4.63. The molecule has 106 valence electrons. The van der Waals surface area contributed by atoms with Crippen molar-refractivity contribution in [2.24, 2.45) is 5.73 Å². The molecular formula is C17H21BrN2. The van der Waals surface area contributed by atoms with Gasteiger partial charge in [-0.3, -0.25) is 4.90 Å². The molecule has 3 heteroatoms. The van der Waals surface area contributed by atoms with Gasteiger partial charge in [0.1, 0.15) is 0 Å². The van der Waals surface area contributed by atoms with Gasteiger partial charge in [0.05, 0.1) is 0 Å². The summed E-state index contributed by atoms with van der Waals surface area (Å²) in [6.07, 6.45) is 0. The quantitative estimate of drug-likeness (QED) is 0.901. The molecule has 0 aliphatic carbocycles. The van der Waals surface area contributed by atoms with Crippen molar-refractivity contribution >= 4 is 15.9 Å². The molecule has 0 spiro atoms. The molecule has 2 aromatic carbocycles. The van der Waals surface area contributed by atoms with Gasteiger partial charge in [0.25, 0.3) is 0 Å². The SMILES string of the molecule is Cc1cc(CN)ccc1CN(C)Cc1ccccc1Br. The number of nitrogens with two attached hydrogens (primary N) is 1. The van der Waals surface area contributed by atoms with E-state index >= 15 is 0 Å². The predicted molar refractivity (Wildman–Crippen MR) is 88.4 cm³/mol. The molecule has 0 fully saturated rings. The lowest BCUT2D eigenvalue weighted by Crippen LogP contribution is -2.18. The van der Waals surface area contributed by atoms with Gasteiger partial charge in [-0.1, -0.05) is 52.3 Å². The fourth-order valence-corrected chi connectivity index (χ4v) is 2.74. The summed E-state index contributed by atoms with van der Waals surface area (Å²) >= 11 is 3.60. The average molecular weight is 333 g/mol. The van der Waals surface area contributed by atoms with Crippen LogP contribution in [0.1, 0.15) is 22.3 Å². The molecule has 0 unspecified atom stereocenters. The Morgan fingerprint density at radius 1 is 1.05 bits per heavy atom. The molecule has 0 aliphatic rings. The summed E-state index contributed by atoms with van der Waals surface area (Å²) in [5, 5.41) is 0. The van der Waals surface area contributed by atoms with E-state index in [9.17, 15) is 0 Å². The van der Waals surface area contributed by atoms with Gasteiger partial charge in [-0.15, -0.1) is 0 Å². The first kappa shape index (κ1) is 15.2. The number of benzene rings is 2. The highest BCUT2D eigenvalue weighted by Gasteiger charge is 2.06. The third-order valence-corrected chi connectivity index (χ3v) is 4.25. The first-order valence-corrected chi connectivity index (χ1v) is 7.60. The maximum atomic E-state index is 5.67. The summed E-state index contributed by atoms with van der Waals surface area (Å²) in [6, 6.07) is 14.9. The molecule has 2 rings (SSSR count). The molecule has 0 saturated carbocycles. The van der Waals surface area contributed by atoms with Crippen molar-refractivity contribution in [2.45, 2.75) is 26.6 Å². The second-order valence-corrected chi connectivity index (χ2v) is 6.08. The van der Waals surface area contributed by atoms with Crippen molar-refractivity contribution in [2.75, 3.05) is 7.05 Å². The topological polar surface area (TPSA) is 29.3 Å². The molecule has 0 heterocycles. The molecular weight excluding hydrogens is 312 g/mol. The minimum Gasteiger partial charge on any atom is -0.326 e. The van der Waals surface area contributed by atoms with Crippen LogP contribution in [0, 0.1) is 6.92 Å². The lowest BCUT2D eigenvalue weighted by molar-refractivity contribution is 0.318. The predicted octanol–water partition coefficient (Wildman–Crippen LogP) is 3.85. The summed E-state index contributed by atoms with van der Waals surface area (Å²) in [7, 11) is 2.15. The third kappa shape index (κ3) is 3.92. The highest BCUT2D eigenvalue weighted by atomic mass is 79.9. The standard InChI is InChI=1S/C17H21BrN2/c1-13-9-14(10-19)7-8-15(13)11-20(2)12-16-5-3-4-6-17(16)18/h3-9H,10-12,19H2,1-2H3. The third-order valence-electron chi connectivity index (χ3n) is 3.48. The Morgan fingerprint density at radius 3 is 2.40 bits per heavy atom. The zero-order valence-corrected chi connectivity index (χ0v) is 13.7. The minimum absolute atomic E-state index is 0.605. The average Bonchev–Trinajstić information content (AvgIpc) is 2.43. The van der Waals surface area contributed by atoms with Crippen LogP contribution < -0.4 is 5.73 Å². The first-order valence-electron chi connectivity index (χ1n) is 6.80. The number of nitrogens with zero attached hydrogens (tertiary/aromatic N) is 1. The number of halogens is 1. The van der Waals surface area contributed by atoms with Crippen LogP contribution in [0.5, 0.6) is 0 Å². The van der Waals surface area contributed by atoms with E-state index in [4.69, 9.17) is 5.73 Å². The molecule has 2 aromatic rings. The Balaban J connectivity index is 2.05. The van der Waals surface area contributed by atoms with Crippen LogP contribution in [0.3, 0.4) is 0 Å². The van der Waals surface area contributed by atoms with E-state index in [1.54, 1.807) is 0 Å². The number of hydrogen-bond acceptors (Lipinski definition) is 2. The van der Waals surface area contributed by atoms with Crippen LogP contribution in [-0.4, -0.2) is 11.9 Å². The van der Waals surface area contributed by atoms with E-state index in [0.29, 0.717) is 6.54 Å². The summed E-state index contributed by atoms with van der Waals surface area (Å²) in [5.74, 6) is 0. The first-order chi connectivity index (χ1) is 9.60. The molecule has 2 nitrogen and oxygen atoms in total. The maximum absolute atomic E-state index is 5.67. The van der Waals surface area contributed by atoms with Crippen molar-refractivity contribution in [3.8, 4) is 0 Å². The molecule has 0 atom stereocenters. The van der Waals surface area contributed by atoms with Crippen molar-refractivity contribution < 1.29 is 0 Å². The number of hydrogen-bond donors (Lipinski definition) is 1.